The molecule has 0 amide bonds. The highest BCUT2D eigenvalue weighted by atomic mass is 19.1. The van der Waals surface area contributed by atoms with Crippen molar-refractivity contribution in [3.8, 4) is 0 Å². The highest BCUT2D eigenvalue weighted by molar-refractivity contribution is 6.01. The van der Waals surface area contributed by atoms with Crippen molar-refractivity contribution in [2.75, 3.05) is 6.61 Å². The van der Waals surface area contributed by atoms with Crippen LogP contribution in [-0.2, 0) is 19.9 Å². The first-order valence-corrected chi connectivity index (χ1v) is 12.1. The smallest absolute Gasteiger partial charge is 0.313 e. The SMILES string of the molecule is CCOC(=O)CC(=O)CC(O)/C=C/C(=C(c1ccc(F)cc1)c1ccc(F)cc1)c1nnn(C(C)(C)C)n1. The van der Waals surface area contributed by atoms with E-state index in [1.807, 2.05) is 20.8 Å². The number of Topliss-reactive ketones (excluding diaryl/α,β-unsaturated/α-hetero) is 1. The van der Waals surface area contributed by atoms with Gasteiger partial charge in [0.1, 0.15) is 23.8 Å². The second kappa shape index (κ2) is 12.5. The van der Waals surface area contributed by atoms with Crippen molar-refractivity contribution in [1.82, 2.24) is 20.2 Å². The summed E-state index contributed by atoms with van der Waals surface area (Å²) in [5, 5.41) is 23.4. The molecule has 0 saturated heterocycles. The monoisotopic (exact) mass is 524 g/mol. The van der Waals surface area contributed by atoms with Crippen molar-refractivity contribution in [1.29, 1.82) is 0 Å². The molecule has 3 aromatic rings. The Hall–Kier alpha value is -4.05. The van der Waals surface area contributed by atoms with Gasteiger partial charge in [-0.1, -0.05) is 36.4 Å². The molecule has 0 bridgehead atoms. The van der Waals surface area contributed by atoms with Crippen LogP contribution < -0.4 is 0 Å². The van der Waals surface area contributed by atoms with Crippen LogP contribution in [0.25, 0.3) is 11.1 Å². The van der Waals surface area contributed by atoms with Crippen molar-refractivity contribution in [2.24, 2.45) is 0 Å². The summed E-state index contributed by atoms with van der Waals surface area (Å²) in [6, 6.07) is 11.4. The molecule has 3 rings (SSSR count). The summed E-state index contributed by atoms with van der Waals surface area (Å²) in [4.78, 5) is 25.2. The van der Waals surface area contributed by atoms with E-state index >= 15 is 0 Å². The number of hydrogen-bond donors (Lipinski definition) is 1. The van der Waals surface area contributed by atoms with Crippen LogP contribution in [0.5, 0.6) is 0 Å². The summed E-state index contributed by atoms with van der Waals surface area (Å²) >= 11 is 0. The number of nitrogens with zero attached hydrogens (tertiary/aromatic N) is 4. The van der Waals surface area contributed by atoms with Crippen molar-refractivity contribution >= 4 is 22.9 Å². The van der Waals surface area contributed by atoms with Gasteiger partial charge in [0.15, 0.2) is 0 Å². The summed E-state index contributed by atoms with van der Waals surface area (Å²) in [6.45, 7) is 7.49. The summed E-state index contributed by atoms with van der Waals surface area (Å²) < 4.78 is 32.3. The predicted octanol–water partition coefficient (Wildman–Crippen LogP) is 4.49. The lowest BCUT2D eigenvalue weighted by molar-refractivity contribution is -0.145. The zero-order valence-corrected chi connectivity index (χ0v) is 21.7. The van der Waals surface area contributed by atoms with Gasteiger partial charge in [-0.05, 0) is 68.3 Å². The predicted molar refractivity (Wildman–Crippen MR) is 138 cm³/mol. The third-order valence-corrected chi connectivity index (χ3v) is 5.36. The zero-order chi connectivity index (χ0) is 27.9. The number of halogens is 2. The van der Waals surface area contributed by atoms with Crippen molar-refractivity contribution in [3.05, 3.63) is 89.3 Å². The molecule has 8 nitrogen and oxygen atoms in total. The molecule has 0 spiro atoms. The molecule has 0 aliphatic carbocycles. The number of tetrazole rings is 1. The molecule has 38 heavy (non-hydrogen) atoms. The number of aromatic nitrogens is 4. The van der Waals surface area contributed by atoms with E-state index in [2.05, 4.69) is 15.4 Å². The third kappa shape index (κ3) is 7.72. The first-order chi connectivity index (χ1) is 18.0. The van der Waals surface area contributed by atoms with Gasteiger partial charge in [-0.25, -0.2) is 8.78 Å². The number of esters is 1. The Kier molecular flexibility index (Phi) is 9.35. The van der Waals surface area contributed by atoms with Gasteiger partial charge >= 0.3 is 5.97 Å². The van der Waals surface area contributed by atoms with Gasteiger partial charge in [0, 0.05) is 17.6 Å². The number of aliphatic hydroxyl groups is 1. The molecule has 0 aliphatic heterocycles. The van der Waals surface area contributed by atoms with Gasteiger partial charge in [-0.2, -0.15) is 4.80 Å². The summed E-state index contributed by atoms with van der Waals surface area (Å²) in [5.74, 6) is -1.81. The molecule has 0 aliphatic rings. The van der Waals surface area contributed by atoms with E-state index in [-0.39, 0.29) is 18.9 Å². The summed E-state index contributed by atoms with van der Waals surface area (Å²) in [5.41, 5.74) is 1.61. The van der Waals surface area contributed by atoms with E-state index in [1.165, 1.54) is 41.2 Å². The maximum atomic E-state index is 13.8. The lowest BCUT2D eigenvalue weighted by Gasteiger charge is -2.16. The van der Waals surface area contributed by atoms with Crippen LogP contribution in [0.2, 0.25) is 0 Å². The maximum Gasteiger partial charge on any atom is 0.313 e. The fourth-order valence-corrected chi connectivity index (χ4v) is 3.54. The van der Waals surface area contributed by atoms with E-state index in [4.69, 9.17) is 4.74 Å². The van der Waals surface area contributed by atoms with Gasteiger partial charge < -0.3 is 9.84 Å². The minimum Gasteiger partial charge on any atom is -0.466 e. The average molecular weight is 525 g/mol. The molecule has 1 heterocycles. The molecule has 0 fully saturated rings. The number of rotatable bonds is 10. The molecule has 200 valence electrons. The first-order valence-electron chi connectivity index (χ1n) is 12.1. The Bertz CT molecular complexity index is 1280. The number of hydrogen-bond acceptors (Lipinski definition) is 7. The van der Waals surface area contributed by atoms with Crippen LogP contribution in [0.1, 0.15) is 57.5 Å². The number of carbonyl (C=O) groups is 2. The number of aliphatic hydroxyl groups excluding tert-OH is 1. The molecule has 0 radical (unpaired) electrons. The highest BCUT2D eigenvalue weighted by Gasteiger charge is 2.22. The van der Waals surface area contributed by atoms with Gasteiger partial charge in [-0.3, -0.25) is 9.59 Å². The first kappa shape index (κ1) is 28.5. The van der Waals surface area contributed by atoms with Crippen LogP contribution in [0.15, 0.2) is 60.7 Å². The normalized spacial score (nSPS) is 12.4. The van der Waals surface area contributed by atoms with E-state index < -0.39 is 41.5 Å². The fourth-order valence-electron chi connectivity index (χ4n) is 3.54. The minimum atomic E-state index is -1.23. The average Bonchev–Trinajstić information content (AvgIpc) is 3.34. The molecular weight excluding hydrogens is 494 g/mol. The van der Waals surface area contributed by atoms with Gasteiger partial charge in [-0.15, -0.1) is 10.2 Å². The van der Waals surface area contributed by atoms with Crippen LogP contribution in [0.3, 0.4) is 0 Å². The number of ether oxygens (including phenoxy) is 1. The molecular formula is C28H30F2N4O4. The molecule has 2 aromatic carbocycles. The molecule has 1 N–H and O–H groups in total. The van der Waals surface area contributed by atoms with Crippen LogP contribution >= 0.6 is 0 Å². The third-order valence-electron chi connectivity index (χ3n) is 5.36. The Morgan fingerprint density at radius 3 is 2.05 bits per heavy atom. The fraction of sp³-hybridized carbons (Fsp3) is 0.321. The van der Waals surface area contributed by atoms with E-state index in [1.54, 1.807) is 31.2 Å². The Labute approximate surface area is 219 Å². The zero-order valence-electron chi connectivity index (χ0n) is 21.7. The Morgan fingerprint density at radius 2 is 1.58 bits per heavy atom. The van der Waals surface area contributed by atoms with Gasteiger partial charge in [0.05, 0.1) is 18.2 Å². The standard InChI is InChI=1S/C28H30F2N4O4/c1-5-38-25(37)17-23(36)16-22(35)14-15-24(27-31-33-34(32-27)28(2,3)4)26(18-6-10-20(29)11-7-18)19-8-12-21(30)13-9-19/h6-15,22,35H,5,16-17H2,1-4H3/b15-14+. The van der Waals surface area contributed by atoms with E-state index in [9.17, 15) is 23.5 Å². The quantitative estimate of drug-likeness (QED) is 0.236. The molecule has 10 heteroatoms. The minimum absolute atomic E-state index is 0.153. The number of allylic oxidation sites excluding steroid dienone is 2. The number of carbonyl (C=O) groups excluding carboxylic acids is 2. The number of benzene rings is 2. The topological polar surface area (TPSA) is 107 Å². The molecule has 0 saturated carbocycles. The Morgan fingerprint density at radius 1 is 1.03 bits per heavy atom. The molecule has 1 aromatic heterocycles. The summed E-state index contributed by atoms with van der Waals surface area (Å²) in [7, 11) is 0. The Balaban J connectivity index is 2.11. The highest BCUT2D eigenvalue weighted by Crippen LogP contribution is 2.32. The molecule has 1 unspecified atom stereocenters. The van der Waals surface area contributed by atoms with Crippen LogP contribution in [0.4, 0.5) is 8.78 Å². The van der Waals surface area contributed by atoms with Crippen molar-refractivity contribution in [3.63, 3.8) is 0 Å². The second-order valence-electron chi connectivity index (χ2n) is 9.53. The molecule has 1 atom stereocenters. The van der Waals surface area contributed by atoms with Crippen molar-refractivity contribution < 1.29 is 28.2 Å². The largest absolute Gasteiger partial charge is 0.466 e. The van der Waals surface area contributed by atoms with E-state index in [0.717, 1.165) is 0 Å². The lowest BCUT2D eigenvalue weighted by Crippen LogP contribution is -2.24. The van der Waals surface area contributed by atoms with Crippen LogP contribution in [-0.4, -0.2) is 49.8 Å². The van der Waals surface area contributed by atoms with Gasteiger partial charge in [0.2, 0.25) is 5.82 Å². The van der Waals surface area contributed by atoms with Gasteiger partial charge in [0.25, 0.3) is 0 Å². The van der Waals surface area contributed by atoms with Crippen molar-refractivity contribution in [2.45, 2.75) is 52.2 Å². The lowest BCUT2D eigenvalue weighted by atomic mass is 9.92. The number of ketones is 1. The summed E-state index contributed by atoms with van der Waals surface area (Å²) in [6.07, 6.45) is 0.927. The van der Waals surface area contributed by atoms with E-state index in [0.29, 0.717) is 22.3 Å². The maximum absolute atomic E-state index is 13.8. The van der Waals surface area contributed by atoms with Crippen LogP contribution in [0, 0.1) is 11.6 Å². The second-order valence-corrected chi connectivity index (χ2v) is 9.53.